The fraction of sp³-hybridized carbons (Fsp3) is 0.364. The normalized spacial score (nSPS) is 12.5. The van der Waals surface area contributed by atoms with Crippen molar-refractivity contribution in [1.29, 1.82) is 0 Å². The van der Waals surface area contributed by atoms with Gasteiger partial charge in [-0.15, -0.1) is 0 Å². The predicted molar refractivity (Wildman–Crippen MR) is 57.2 cm³/mol. The van der Waals surface area contributed by atoms with E-state index in [4.69, 9.17) is 5.73 Å². The van der Waals surface area contributed by atoms with Crippen LogP contribution in [0.25, 0.3) is 0 Å². The van der Waals surface area contributed by atoms with Crippen LogP contribution in [0.2, 0.25) is 0 Å². The van der Waals surface area contributed by atoms with Crippen molar-refractivity contribution in [3.8, 4) is 0 Å². The Bertz CT molecular complexity index is 324. The first-order valence-electron chi connectivity index (χ1n) is 4.85. The van der Waals surface area contributed by atoms with E-state index in [2.05, 4.69) is 5.32 Å². The van der Waals surface area contributed by atoms with Crippen molar-refractivity contribution in [2.24, 2.45) is 5.73 Å². The first kappa shape index (κ1) is 11.8. The number of hydrogen-bond donors (Lipinski definition) is 2. The van der Waals surface area contributed by atoms with Gasteiger partial charge in [0, 0.05) is 5.56 Å². The average molecular weight is 210 g/mol. The number of halogens is 1. The van der Waals surface area contributed by atoms with E-state index in [0.29, 0.717) is 18.5 Å². The lowest BCUT2D eigenvalue weighted by atomic mass is 10.0. The lowest BCUT2D eigenvalue weighted by molar-refractivity contribution is 0.0957. The lowest BCUT2D eigenvalue weighted by Gasteiger charge is -2.09. The summed E-state index contributed by atoms with van der Waals surface area (Å²) >= 11 is 0. The van der Waals surface area contributed by atoms with E-state index in [1.807, 2.05) is 0 Å². The largest absolute Gasteiger partial charge is 0.321 e. The van der Waals surface area contributed by atoms with Gasteiger partial charge in [0.2, 0.25) is 0 Å². The van der Waals surface area contributed by atoms with Gasteiger partial charge in [0.25, 0.3) is 0 Å². The summed E-state index contributed by atoms with van der Waals surface area (Å²) in [6.45, 7) is 0.689. The van der Waals surface area contributed by atoms with Crippen LogP contribution in [-0.2, 0) is 0 Å². The van der Waals surface area contributed by atoms with Crippen molar-refractivity contribution in [2.45, 2.75) is 12.5 Å². The Labute approximate surface area is 88.5 Å². The molecule has 0 aliphatic heterocycles. The molecule has 4 heteroatoms. The highest BCUT2D eigenvalue weighted by molar-refractivity contribution is 5.99. The molecule has 82 valence electrons. The van der Waals surface area contributed by atoms with Crippen molar-refractivity contribution >= 4 is 5.78 Å². The van der Waals surface area contributed by atoms with E-state index in [0.717, 1.165) is 0 Å². The summed E-state index contributed by atoms with van der Waals surface area (Å²) in [6, 6.07) is 4.91. The topological polar surface area (TPSA) is 55.1 Å². The minimum absolute atomic E-state index is 0.148. The summed E-state index contributed by atoms with van der Waals surface area (Å²) in [4.78, 5) is 11.7. The van der Waals surface area contributed by atoms with Gasteiger partial charge < -0.3 is 11.1 Å². The Hall–Kier alpha value is -1.26. The van der Waals surface area contributed by atoms with Gasteiger partial charge in [-0.2, -0.15) is 0 Å². The molecule has 0 saturated carbocycles. The SMILES string of the molecule is CNCCC(N)C(=O)c1ccc(F)cc1. The molecule has 0 bridgehead atoms. The maximum atomic E-state index is 12.6. The van der Waals surface area contributed by atoms with Crippen molar-refractivity contribution in [1.82, 2.24) is 5.32 Å². The number of Topliss-reactive ketones (excluding diaryl/α,β-unsaturated/α-hetero) is 1. The molecule has 15 heavy (non-hydrogen) atoms. The second-order valence-electron chi connectivity index (χ2n) is 3.37. The summed E-state index contributed by atoms with van der Waals surface area (Å²) < 4.78 is 12.6. The van der Waals surface area contributed by atoms with Gasteiger partial charge in [0.05, 0.1) is 6.04 Å². The first-order valence-corrected chi connectivity index (χ1v) is 4.85. The fourth-order valence-corrected chi connectivity index (χ4v) is 1.26. The zero-order valence-corrected chi connectivity index (χ0v) is 8.66. The highest BCUT2D eigenvalue weighted by Gasteiger charge is 2.14. The molecule has 0 heterocycles. The molecule has 0 radical (unpaired) electrons. The summed E-state index contributed by atoms with van der Waals surface area (Å²) in [5.41, 5.74) is 6.15. The molecule has 0 amide bonds. The highest BCUT2D eigenvalue weighted by atomic mass is 19.1. The average Bonchev–Trinajstić information content (AvgIpc) is 2.26. The maximum Gasteiger partial charge on any atom is 0.179 e. The number of nitrogens with two attached hydrogens (primary N) is 1. The molecule has 0 aliphatic carbocycles. The number of carbonyl (C=O) groups excluding carboxylic acids is 1. The number of benzene rings is 1. The lowest BCUT2D eigenvalue weighted by Crippen LogP contribution is -2.33. The number of carbonyl (C=O) groups is 1. The van der Waals surface area contributed by atoms with Crippen LogP contribution < -0.4 is 11.1 Å². The van der Waals surface area contributed by atoms with E-state index in [1.165, 1.54) is 24.3 Å². The Balaban J connectivity index is 2.63. The van der Waals surface area contributed by atoms with Crippen LogP contribution in [0.3, 0.4) is 0 Å². The minimum atomic E-state index is -0.525. The van der Waals surface area contributed by atoms with Crippen molar-refractivity contribution in [3.05, 3.63) is 35.6 Å². The molecule has 1 unspecified atom stereocenters. The third-order valence-corrected chi connectivity index (χ3v) is 2.17. The van der Waals surface area contributed by atoms with Gasteiger partial charge in [-0.1, -0.05) is 0 Å². The van der Waals surface area contributed by atoms with Crippen molar-refractivity contribution in [2.75, 3.05) is 13.6 Å². The maximum absolute atomic E-state index is 12.6. The Morgan fingerprint density at radius 1 is 1.47 bits per heavy atom. The van der Waals surface area contributed by atoms with Gasteiger partial charge in [0.1, 0.15) is 5.82 Å². The van der Waals surface area contributed by atoms with E-state index < -0.39 is 6.04 Å². The van der Waals surface area contributed by atoms with Crippen LogP contribution in [-0.4, -0.2) is 25.4 Å². The summed E-state index contributed by atoms with van der Waals surface area (Å²) in [5, 5.41) is 2.92. The molecule has 0 fully saturated rings. The van der Waals surface area contributed by atoms with Gasteiger partial charge in [0.15, 0.2) is 5.78 Å². The van der Waals surface area contributed by atoms with Crippen molar-refractivity contribution < 1.29 is 9.18 Å². The number of ketones is 1. The molecule has 0 aliphatic rings. The van der Waals surface area contributed by atoms with Gasteiger partial charge in [-0.25, -0.2) is 4.39 Å². The standard InChI is InChI=1S/C11H15FN2O/c1-14-7-6-10(13)11(15)8-2-4-9(12)5-3-8/h2-5,10,14H,6-7,13H2,1H3. The molecule has 3 N–H and O–H groups in total. The molecule has 3 nitrogen and oxygen atoms in total. The molecule has 0 spiro atoms. The zero-order chi connectivity index (χ0) is 11.3. The third-order valence-electron chi connectivity index (χ3n) is 2.17. The van der Waals surface area contributed by atoms with E-state index in [-0.39, 0.29) is 11.6 Å². The minimum Gasteiger partial charge on any atom is -0.321 e. The molecule has 1 aromatic carbocycles. The highest BCUT2D eigenvalue weighted by Crippen LogP contribution is 2.06. The number of hydrogen-bond acceptors (Lipinski definition) is 3. The summed E-state index contributed by atoms with van der Waals surface area (Å²) in [5.74, 6) is -0.499. The molecule has 0 aromatic heterocycles. The quantitative estimate of drug-likeness (QED) is 0.711. The fourth-order valence-electron chi connectivity index (χ4n) is 1.26. The monoisotopic (exact) mass is 210 g/mol. The second-order valence-corrected chi connectivity index (χ2v) is 3.37. The molecule has 0 saturated heterocycles. The number of nitrogens with one attached hydrogen (secondary N) is 1. The van der Waals surface area contributed by atoms with Gasteiger partial charge >= 0.3 is 0 Å². The van der Waals surface area contributed by atoms with E-state index in [9.17, 15) is 9.18 Å². The Kier molecular flexibility index (Phi) is 4.39. The van der Waals surface area contributed by atoms with Crippen LogP contribution in [0.4, 0.5) is 4.39 Å². The van der Waals surface area contributed by atoms with Crippen LogP contribution in [0, 0.1) is 5.82 Å². The van der Waals surface area contributed by atoms with E-state index in [1.54, 1.807) is 7.05 Å². The zero-order valence-electron chi connectivity index (χ0n) is 8.66. The van der Waals surface area contributed by atoms with Gasteiger partial charge in [-0.3, -0.25) is 4.79 Å². The van der Waals surface area contributed by atoms with E-state index >= 15 is 0 Å². The Morgan fingerprint density at radius 2 is 2.07 bits per heavy atom. The van der Waals surface area contributed by atoms with Crippen LogP contribution in [0.5, 0.6) is 0 Å². The predicted octanol–water partition coefficient (Wildman–Crippen LogP) is 0.945. The smallest absolute Gasteiger partial charge is 0.179 e. The van der Waals surface area contributed by atoms with Crippen LogP contribution >= 0.6 is 0 Å². The summed E-state index contributed by atoms with van der Waals surface area (Å²) in [6.07, 6.45) is 0.576. The summed E-state index contributed by atoms with van der Waals surface area (Å²) in [7, 11) is 1.80. The molecule has 1 atom stereocenters. The Morgan fingerprint density at radius 3 is 2.60 bits per heavy atom. The molecular formula is C11H15FN2O. The first-order chi connectivity index (χ1) is 7.15. The molecule has 1 aromatic rings. The molecular weight excluding hydrogens is 195 g/mol. The number of rotatable bonds is 5. The van der Waals surface area contributed by atoms with Crippen molar-refractivity contribution in [3.63, 3.8) is 0 Å². The molecule has 1 rings (SSSR count). The van der Waals surface area contributed by atoms with Gasteiger partial charge in [-0.05, 0) is 44.3 Å². The second kappa shape index (κ2) is 5.58. The van der Waals surface area contributed by atoms with Crippen LogP contribution in [0.1, 0.15) is 16.8 Å². The van der Waals surface area contributed by atoms with Crippen LogP contribution in [0.15, 0.2) is 24.3 Å². The third kappa shape index (κ3) is 3.42.